The summed E-state index contributed by atoms with van der Waals surface area (Å²) < 4.78 is 76.5. The Hall–Kier alpha value is -2.49. The second-order valence-electron chi connectivity index (χ2n) is 5.18. The van der Waals surface area contributed by atoms with E-state index in [4.69, 9.17) is 5.26 Å². The van der Waals surface area contributed by atoms with Gasteiger partial charge in [-0.15, -0.1) is 0 Å². The molecule has 0 heterocycles. The van der Waals surface area contributed by atoms with E-state index >= 15 is 0 Å². The van der Waals surface area contributed by atoms with E-state index in [2.05, 4.69) is 0 Å². The number of nitriles is 1. The maximum absolute atomic E-state index is 13.0. The monoisotopic (exact) mass is 343 g/mol. The third-order valence-electron chi connectivity index (χ3n) is 3.51. The van der Waals surface area contributed by atoms with Crippen molar-refractivity contribution in [2.75, 3.05) is 0 Å². The van der Waals surface area contributed by atoms with Crippen molar-refractivity contribution in [3.63, 3.8) is 0 Å². The molecule has 0 N–H and O–H groups in total. The molecule has 2 aromatic rings. The van der Waals surface area contributed by atoms with Gasteiger partial charge in [-0.05, 0) is 48.2 Å². The van der Waals surface area contributed by atoms with E-state index < -0.39 is 23.5 Å². The molecule has 0 saturated carbocycles. The molecule has 0 bridgehead atoms. The van der Waals surface area contributed by atoms with Crippen LogP contribution in [0.25, 0.3) is 0 Å². The van der Waals surface area contributed by atoms with E-state index in [1.165, 1.54) is 24.3 Å². The lowest BCUT2D eigenvalue weighted by molar-refractivity contribution is -0.138. The first-order valence-electron chi connectivity index (χ1n) is 6.87. The Kier molecular flexibility index (Phi) is 4.88. The fourth-order valence-electron chi connectivity index (χ4n) is 2.27. The van der Waals surface area contributed by atoms with E-state index in [0.29, 0.717) is 5.56 Å². The van der Waals surface area contributed by atoms with Crippen molar-refractivity contribution in [3.05, 3.63) is 70.3 Å². The Morgan fingerprint density at radius 2 is 1.42 bits per heavy atom. The Morgan fingerprint density at radius 1 is 0.792 bits per heavy atom. The van der Waals surface area contributed by atoms with Crippen LogP contribution in [0, 0.1) is 11.3 Å². The molecule has 0 aliphatic heterocycles. The molecule has 0 saturated heterocycles. The van der Waals surface area contributed by atoms with Crippen LogP contribution in [0.3, 0.4) is 0 Å². The average molecular weight is 343 g/mol. The van der Waals surface area contributed by atoms with Crippen molar-refractivity contribution in [2.45, 2.75) is 25.2 Å². The number of halogens is 6. The Balaban J connectivity index is 2.19. The summed E-state index contributed by atoms with van der Waals surface area (Å²) in [5.41, 5.74) is -1.29. The molecule has 0 aliphatic carbocycles. The third kappa shape index (κ3) is 4.28. The molecule has 0 aliphatic rings. The smallest absolute Gasteiger partial charge is 0.192 e. The number of hydrogen-bond acceptors (Lipinski definition) is 1. The summed E-state index contributed by atoms with van der Waals surface area (Å²) in [6.07, 6.45) is -8.88. The van der Waals surface area contributed by atoms with Crippen LogP contribution >= 0.6 is 0 Å². The highest BCUT2D eigenvalue weighted by atomic mass is 19.4. The molecule has 7 heteroatoms. The number of nitrogens with zero attached hydrogens (tertiary/aromatic N) is 1. The van der Waals surface area contributed by atoms with Gasteiger partial charge in [0.15, 0.2) is 0 Å². The van der Waals surface area contributed by atoms with Crippen molar-refractivity contribution in [3.8, 4) is 6.07 Å². The van der Waals surface area contributed by atoms with Gasteiger partial charge in [0.2, 0.25) is 0 Å². The van der Waals surface area contributed by atoms with E-state index in [1.54, 1.807) is 6.07 Å². The molecule has 1 nitrogen and oxygen atoms in total. The minimum absolute atomic E-state index is 0.00129. The average Bonchev–Trinajstić information content (AvgIpc) is 2.51. The maximum Gasteiger partial charge on any atom is 0.416 e. The molecule has 2 rings (SSSR count). The zero-order valence-corrected chi connectivity index (χ0v) is 12.2. The van der Waals surface area contributed by atoms with Crippen LogP contribution in [0.1, 0.15) is 27.8 Å². The van der Waals surface area contributed by atoms with Gasteiger partial charge >= 0.3 is 12.4 Å². The number of aryl methyl sites for hydroxylation is 2. The number of alkyl halides is 6. The first-order chi connectivity index (χ1) is 11.1. The minimum Gasteiger partial charge on any atom is -0.192 e. The maximum atomic E-state index is 13.0. The first kappa shape index (κ1) is 17.9. The first-order valence-corrected chi connectivity index (χ1v) is 6.87. The predicted molar refractivity (Wildman–Crippen MR) is 75.0 cm³/mol. The highest BCUT2D eigenvalue weighted by Gasteiger charge is 2.33. The van der Waals surface area contributed by atoms with Crippen molar-refractivity contribution in [1.29, 1.82) is 5.26 Å². The highest BCUT2D eigenvalue weighted by Crippen LogP contribution is 2.33. The Labute approximate surface area is 134 Å². The molecular weight excluding hydrogens is 332 g/mol. The van der Waals surface area contributed by atoms with Crippen LogP contribution in [-0.4, -0.2) is 0 Å². The summed E-state index contributed by atoms with van der Waals surface area (Å²) >= 11 is 0. The molecular formula is C17H11F6N. The second-order valence-corrected chi connectivity index (χ2v) is 5.18. The van der Waals surface area contributed by atoms with Crippen molar-refractivity contribution < 1.29 is 26.3 Å². The topological polar surface area (TPSA) is 23.8 Å². The van der Waals surface area contributed by atoms with E-state index in [9.17, 15) is 26.3 Å². The SMILES string of the molecule is N#Cc1ccc(CCc2ccc(C(F)(F)F)cc2)c(C(F)(F)F)c1. The number of benzene rings is 2. The molecule has 0 radical (unpaired) electrons. The van der Waals surface area contributed by atoms with Crippen LogP contribution in [-0.2, 0) is 25.2 Å². The number of rotatable bonds is 3. The van der Waals surface area contributed by atoms with Gasteiger partial charge in [-0.25, -0.2) is 0 Å². The van der Waals surface area contributed by atoms with Gasteiger partial charge in [0.25, 0.3) is 0 Å². The molecule has 0 fully saturated rings. The van der Waals surface area contributed by atoms with Gasteiger partial charge in [0.1, 0.15) is 0 Å². The predicted octanol–water partition coefficient (Wildman–Crippen LogP) is 5.38. The molecule has 24 heavy (non-hydrogen) atoms. The lowest BCUT2D eigenvalue weighted by atomic mass is 9.97. The summed E-state index contributed by atoms with van der Waals surface area (Å²) in [6.45, 7) is 0. The minimum atomic E-state index is -4.59. The van der Waals surface area contributed by atoms with Crippen LogP contribution in [0.5, 0.6) is 0 Å². The molecule has 0 spiro atoms. The van der Waals surface area contributed by atoms with Gasteiger partial charge in [-0.3, -0.25) is 0 Å². The quantitative estimate of drug-likeness (QED) is 0.686. The van der Waals surface area contributed by atoms with Crippen LogP contribution < -0.4 is 0 Å². The summed E-state index contributed by atoms with van der Waals surface area (Å²) in [7, 11) is 0. The molecule has 0 atom stereocenters. The summed E-state index contributed by atoms with van der Waals surface area (Å²) in [6, 6.07) is 9.25. The highest BCUT2D eigenvalue weighted by molar-refractivity contribution is 5.40. The normalized spacial score (nSPS) is 12.0. The lowest BCUT2D eigenvalue weighted by Crippen LogP contribution is -2.10. The Bertz CT molecular complexity index is 751. The van der Waals surface area contributed by atoms with E-state index in [-0.39, 0.29) is 24.0 Å². The standard InChI is InChI=1S/C17H11F6N/c18-16(19,20)14-7-3-11(4-8-14)1-5-13-6-2-12(10-24)9-15(13)17(21,22)23/h2-4,6-9H,1,5H2. The summed E-state index contributed by atoms with van der Waals surface area (Å²) in [4.78, 5) is 0. The van der Waals surface area contributed by atoms with Gasteiger partial charge in [0.05, 0.1) is 22.8 Å². The summed E-state index contributed by atoms with van der Waals surface area (Å²) in [5, 5.41) is 8.71. The largest absolute Gasteiger partial charge is 0.416 e. The zero-order valence-electron chi connectivity index (χ0n) is 12.2. The summed E-state index contributed by atoms with van der Waals surface area (Å²) in [5.74, 6) is 0. The number of hydrogen-bond donors (Lipinski definition) is 0. The molecule has 0 amide bonds. The van der Waals surface area contributed by atoms with Gasteiger partial charge < -0.3 is 0 Å². The van der Waals surface area contributed by atoms with Crippen molar-refractivity contribution in [2.24, 2.45) is 0 Å². The van der Waals surface area contributed by atoms with Gasteiger partial charge in [0, 0.05) is 0 Å². The molecule has 0 unspecified atom stereocenters. The van der Waals surface area contributed by atoms with E-state index in [0.717, 1.165) is 18.2 Å². The van der Waals surface area contributed by atoms with Gasteiger partial charge in [-0.2, -0.15) is 31.6 Å². The van der Waals surface area contributed by atoms with Crippen molar-refractivity contribution >= 4 is 0 Å². The molecule has 126 valence electrons. The molecule has 2 aromatic carbocycles. The van der Waals surface area contributed by atoms with Gasteiger partial charge in [-0.1, -0.05) is 18.2 Å². The van der Waals surface area contributed by atoms with Crippen LogP contribution in [0.4, 0.5) is 26.3 Å². The third-order valence-corrected chi connectivity index (χ3v) is 3.51. The fourth-order valence-corrected chi connectivity index (χ4v) is 2.27. The van der Waals surface area contributed by atoms with Crippen LogP contribution in [0.15, 0.2) is 42.5 Å². The molecule has 0 aromatic heterocycles. The van der Waals surface area contributed by atoms with E-state index in [1.807, 2.05) is 0 Å². The Morgan fingerprint density at radius 3 is 1.92 bits per heavy atom. The lowest BCUT2D eigenvalue weighted by Gasteiger charge is -2.13. The van der Waals surface area contributed by atoms with Crippen molar-refractivity contribution in [1.82, 2.24) is 0 Å². The second kappa shape index (κ2) is 6.56. The zero-order chi connectivity index (χ0) is 18.0. The fraction of sp³-hybridized carbons (Fsp3) is 0.235. The van der Waals surface area contributed by atoms with Crippen LogP contribution in [0.2, 0.25) is 0 Å².